The number of phenols is 1. The van der Waals surface area contributed by atoms with Crippen molar-refractivity contribution in [2.24, 2.45) is 5.10 Å². The summed E-state index contributed by atoms with van der Waals surface area (Å²) in [5, 5.41) is 19.2. The number of hydrogen-bond acceptors (Lipinski definition) is 5. The van der Waals surface area contributed by atoms with E-state index >= 15 is 0 Å². The smallest absolute Gasteiger partial charge is 0.262 e. The molecule has 3 aromatic carbocycles. The van der Waals surface area contributed by atoms with E-state index in [0.717, 1.165) is 16.5 Å². The number of carbonyl (C=O) groups is 1. The molecule has 3 aromatic rings. The standard InChI is InChI=1S/C22H23N3O3/c1-3-28-21-12-11-16(13-20(21)26)14-23-25-22(27)15(2)24-19-10-6-8-17-7-4-5-9-18(17)19/h4-15,24,26H,3H2,1-2H3,(H,25,27)/b23-14-/t15-/m1/s1. The molecule has 0 aliphatic heterocycles. The summed E-state index contributed by atoms with van der Waals surface area (Å²) in [5.41, 5.74) is 4.05. The predicted molar refractivity (Wildman–Crippen MR) is 112 cm³/mol. The van der Waals surface area contributed by atoms with Gasteiger partial charge in [0.1, 0.15) is 6.04 Å². The van der Waals surface area contributed by atoms with E-state index in [1.165, 1.54) is 12.3 Å². The largest absolute Gasteiger partial charge is 0.504 e. The third-order valence-electron chi connectivity index (χ3n) is 4.23. The average Bonchev–Trinajstić information content (AvgIpc) is 2.70. The zero-order valence-corrected chi connectivity index (χ0v) is 15.8. The number of aromatic hydroxyl groups is 1. The lowest BCUT2D eigenvalue weighted by molar-refractivity contribution is -0.121. The van der Waals surface area contributed by atoms with Gasteiger partial charge in [-0.2, -0.15) is 5.10 Å². The van der Waals surface area contributed by atoms with E-state index in [-0.39, 0.29) is 11.7 Å². The number of anilines is 1. The molecule has 28 heavy (non-hydrogen) atoms. The number of ether oxygens (including phenoxy) is 1. The molecule has 3 rings (SSSR count). The minimum absolute atomic E-state index is 0.0307. The van der Waals surface area contributed by atoms with Gasteiger partial charge in [-0.25, -0.2) is 5.43 Å². The van der Waals surface area contributed by atoms with E-state index in [0.29, 0.717) is 17.9 Å². The third-order valence-corrected chi connectivity index (χ3v) is 4.23. The van der Waals surface area contributed by atoms with Crippen molar-refractivity contribution in [2.75, 3.05) is 11.9 Å². The van der Waals surface area contributed by atoms with Gasteiger partial charge in [-0.05, 0) is 49.1 Å². The monoisotopic (exact) mass is 377 g/mol. The number of fused-ring (bicyclic) bond motifs is 1. The number of phenolic OH excluding ortho intramolecular Hbond substituents is 1. The van der Waals surface area contributed by atoms with Crippen LogP contribution in [0.5, 0.6) is 11.5 Å². The van der Waals surface area contributed by atoms with Crippen molar-refractivity contribution in [1.29, 1.82) is 0 Å². The van der Waals surface area contributed by atoms with Gasteiger partial charge in [-0.3, -0.25) is 4.79 Å². The second-order valence-corrected chi connectivity index (χ2v) is 6.29. The van der Waals surface area contributed by atoms with E-state index in [2.05, 4.69) is 15.8 Å². The van der Waals surface area contributed by atoms with Crippen molar-refractivity contribution < 1.29 is 14.6 Å². The van der Waals surface area contributed by atoms with Crippen LogP contribution in [0.3, 0.4) is 0 Å². The first-order valence-corrected chi connectivity index (χ1v) is 9.11. The summed E-state index contributed by atoms with van der Waals surface area (Å²) >= 11 is 0. The Morgan fingerprint density at radius 2 is 1.96 bits per heavy atom. The fraction of sp³-hybridized carbons (Fsp3) is 0.182. The van der Waals surface area contributed by atoms with Crippen LogP contribution in [0.15, 0.2) is 65.8 Å². The van der Waals surface area contributed by atoms with E-state index in [1.807, 2.05) is 49.4 Å². The Morgan fingerprint density at radius 3 is 2.75 bits per heavy atom. The van der Waals surface area contributed by atoms with Crippen LogP contribution in [0.1, 0.15) is 19.4 Å². The molecule has 0 saturated carbocycles. The maximum atomic E-state index is 12.3. The highest BCUT2D eigenvalue weighted by Crippen LogP contribution is 2.26. The minimum Gasteiger partial charge on any atom is -0.504 e. The van der Waals surface area contributed by atoms with Crippen LogP contribution in [-0.4, -0.2) is 29.9 Å². The zero-order valence-electron chi connectivity index (χ0n) is 15.8. The maximum absolute atomic E-state index is 12.3. The first-order chi connectivity index (χ1) is 13.6. The van der Waals surface area contributed by atoms with Gasteiger partial charge in [-0.15, -0.1) is 0 Å². The number of hydrogen-bond donors (Lipinski definition) is 3. The number of nitrogens with zero attached hydrogens (tertiary/aromatic N) is 1. The third kappa shape index (κ3) is 4.59. The topological polar surface area (TPSA) is 83.0 Å². The molecule has 1 amide bonds. The van der Waals surface area contributed by atoms with Crippen molar-refractivity contribution in [3.63, 3.8) is 0 Å². The van der Waals surface area contributed by atoms with Crippen molar-refractivity contribution in [1.82, 2.24) is 5.43 Å². The van der Waals surface area contributed by atoms with Crippen LogP contribution in [-0.2, 0) is 4.79 Å². The number of hydrazone groups is 1. The van der Waals surface area contributed by atoms with Gasteiger partial charge in [0, 0.05) is 11.1 Å². The average molecular weight is 377 g/mol. The Bertz CT molecular complexity index is 996. The molecule has 0 unspecified atom stereocenters. The summed E-state index contributed by atoms with van der Waals surface area (Å²) in [4.78, 5) is 12.3. The summed E-state index contributed by atoms with van der Waals surface area (Å²) in [6.45, 7) is 4.09. The van der Waals surface area contributed by atoms with Gasteiger partial charge in [0.15, 0.2) is 11.5 Å². The molecule has 0 aliphatic rings. The second kappa shape index (κ2) is 8.90. The van der Waals surface area contributed by atoms with Crippen molar-refractivity contribution in [3.05, 3.63) is 66.2 Å². The van der Waals surface area contributed by atoms with Gasteiger partial charge < -0.3 is 15.2 Å². The Balaban J connectivity index is 1.61. The molecule has 0 fully saturated rings. The van der Waals surface area contributed by atoms with E-state index in [1.54, 1.807) is 19.1 Å². The summed E-state index contributed by atoms with van der Waals surface area (Å²) in [5.74, 6) is 0.180. The van der Waals surface area contributed by atoms with Crippen molar-refractivity contribution in [2.45, 2.75) is 19.9 Å². The summed E-state index contributed by atoms with van der Waals surface area (Å²) in [6, 6.07) is 18.4. The molecule has 144 valence electrons. The fourth-order valence-corrected chi connectivity index (χ4v) is 2.81. The van der Waals surface area contributed by atoms with Crippen LogP contribution in [0.25, 0.3) is 10.8 Å². The number of benzene rings is 3. The highest BCUT2D eigenvalue weighted by molar-refractivity contribution is 5.96. The van der Waals surface area contributed by atoms with Crippen LogP contribution >= 0.6 is 0 Å². The van der Waals surface area contributed by atoms with E-state index in [4.69, 9.17) is 4.74 Å². The molecule has 6 nitrogen and oxygen atoms in total. The molecule has 0 radical (unpaired) electrons. The van der Waals surface area contributed by atoms with Crippen LogP contribution < -0.4 is 15.5 Å². The minimum atomic E-state index is -0.475. The number of carbonyl (C=O) groups excluding carboxylic acids is 1. The van der Waals surface area contributed by atoms with Crippen molar-refractivity contribution >= 4 is 28.6 Å². The molecule has 0 aliphatic carbocycles. The quantitative estimate of drug-likeness (QED) is 0.431. The lowest BCUT2D eigenvalue weighted by Gasteiger charge is -2.15. The molecule has 0 bridgehead atoms. The van der Waals surface area contributed by atoms with Gasteiger partial charge >= 0.3 is 0 Å². The zero-order chi connectivity index (χ0) is 19.9. The summed E-state index contributed by atoms with van der Waals surface area (Å²) in [6.07, 6.45) is 1.47. The first kappa shape index (κ1) is 19.2. The summed E-state index contributed by atoms with van der Waals surface area (Å²) in [7, 11) is 0. The lowest BCUT2D eigenvalue weighted by atomic mass is 10.1. The summed E-state index contributed by atoms with van der Waals surface area (Å²) < 4.78 is 5.28. The Kier molecular flexibility index (Phi) is 6.11. The van der Waals surface area contributed by atoms with Gasteiger partial charge in [-0.1, -0.05) is 36.4 Å². The number of rotatable bonds is 7. The molecule has 3 N–H and O–H groups in total. The van der Waals surface area contributed by atoms with Gasteiger partial charge in [0.05, 0.1) is 12.8 Å². The molecule has 0 aromatic heterocycles. The molecular weight excluding hydrogens is 354 g/mol. The molecule has 1 atom stereocenters. The normalized spacial score (nSPS) is 12.1. The highest BCUT2D eigenvalue weighted by atomic mass is 16.5. The molecular formula is C22H23N3O3. The Hall–Kier alpha value is -3.54. The highest BCUT2D eigenvalue weighted by Gasteiger charge is 2.13. The van der Waals surface area contributed by atoms with E-state index < -0.39 is 6.04 Å². The van der Waals surface area contributed by atoms with Gasteiger partial charge in [0.25, 0.3) is 5.91 Å². The predicted octanol–water partition coefficient (Wildman–Crippen LogP) is 3.89. The van der Waals surface area contributed by atoms with E-state index in [9.17, 15) is 9.90 Å². The Labute approximate surface area is 163 Å². The van der Waals surface area contributed by atoms with Crippen LogP contribution in [0, 0.1) is 0 Å². The second-order valence-electron chi connectivity index (χ2n) is 6.29. The molecule has 0 spiro atoms. The maximum Gasteiger partial charge on any atom is 0.262 e. The Morgan fingerprint density at radius 1 is 1.18 bits per heavy atom. The van der Waals surface area contributed by atoms with Gasteiger partial charge in [0.2, 0.25) is 0 Å². The molecule has 6 heteroatoms. The molecule has 0 saturated heterocycles. The van der Waals surface area contributed by atoms with Crippen molar-refractivity contribution in [3.8, 4) is 11.5 Å². The SMILES string of the molecule is CCOc1ccc(/C=N\NC(=O)[C@@H](C)Nc2cccc3ccccc23)cc1O. The lowest BCUT2D eigenvalue weighted by Crippen LogP contribution is -2.34. The fourth-order valence-electron chi connectivity index (χ4n) is 2.81. The van der Waals surface area contributed by atoms with Crippen LogP contribution in [0.4, 0.5) is 5.69 Å². The first-order valence-electron chi connectivity index (χ1n) is 9.11. The number of amides is 1. The van der Waals surface area contributed by atoms with Crippen LogP contribution in [0.2, 0.25) is 0 Å². The number of nitrogens with one attached hydrogen (secondary N) is 2. The molecule has 0 heterocycles.